The maximum absolute atomic E-state index is 11.5. The molecule has 0 fully saturated rings. The molecule has 22 heavy (non-hydrogen) atoms. The SMILES string of the molecule is CC.O=C1OCc2c1ccc(Br)c2OCCC1=CCNCC1. The monoisotopic (exact) mass is 367 g/mol. The van der Waals surface area contributed by atoms with E-state index in [9.17, 15) is 4.79 Å². The van der Waals surface area contributed by atoms with Crippen LogP contribution in [-0.2, 0) is 11.3 Å². The lowest BCUT2D eigenvalue weighted by Gasteiger charge is -2.15. The number of rotatable bonds is 4. The average molecular weight is 368 g/mol. The van der Waals surface area contributed by atoms with E-state index in [4.69, 9.17) is 9.47 Å². The lowest BCUT2D eigenvalue weighted by molar-refractivity contribution is 0.0534. The summed E-state index contributed by atoms with van der Waals surface area (Å²) in [6.07, 6.45) is 4.23. The minimum atomic E-state index is -0.265. The van der Waals surface area contributed by atoms with Crippen molar-refractivity contribution < 1.29 is 14.3 Å². The summed E-state index contributed by atoms with van der Waals surface area (Å²) >= 11 is 3.48. The Kier molecular flexibility index (Phi) is 6.46. The highest BCUT2D eigenvalue weighted by Crippen LogP contribution is 2.36. The molecule has 0 bridgehead atoms. The molecule has 1 aromatic carbocycles. The summed E-state index contributed by atoms with van der Waals surface area (Å²) in [5.74, 6) is 0.473. The number of cyclic esters (lactones) is 1. The van der Waals surface area contributed by atoms with Crippen LogP contribution in [0.4, 0.5) is 0 Å². The maximum atomic E-state index is 11.5. The lowest BCUT2D eigenvalue weighted by Crippen LogP contribution is -2.21. The number of halogens is 1. The third-order valence-corrected chi connectivity index (χ3v) is 4.23. The van der Waals surface area contributed by atoms with Crippen molar-refractivity contribution in [1.82, 2.24) is 5.32 Å². The van der Waals surface area contributed by atoms with E-state index >= 15 is 0 Å². The largest absolute Gasteiger partial charge is 0.492 e. The number of carbonyl (C=O) groups excluding carboxylic acids is 1. The summed E-state index contributed by atoms with van der Waals surface area (Å²) in [5.41, 5.74) is 2.90. The summed E-state index contributed by atoms with van der Waals surface area (Å²) in [6, 6.07) is 3.61. The fourth-order valence-corrected chi connectivity index (χ4v) is 2.97. The van der Waals surface area contributed by atoms with Gasteiger partial charge in [-0.15, -0.1) is 0 Å². The van der Waals surface area contributed by atoms with Crippen molar-refractivity contribution in [3.05, 3.63) is 39.4 Å². The van der Waals surface area contributed by atoms with Gasteiger partial charge in [-0.1, -0.05) is 25.5 Å². The molecule has 0 atom stereocenters. The van der Waals surface area contributed by atoms with Gasteiger partial charge in [-0.3, -0.25) is 0 Å². The van der Waals surface area contributed by atoms with E-state index in [1.165, 1.54) is 5.57 Å². The van der Waals surface area contributed by atoms with Crippen molar-refractivity contribution in [1.29, 1.82) is 0 Å². The van der Waals surface area contributed by atoms with Gasteiger partial charge < -0.3 is 14.8 Å². The van der Waals surface area contributed by atoms with Crippen LogP contribution in [0.15, 0.2) is 28.3 Å². The van der Waals surface area contributed by atoms with Crippen molar-refractivity contribution in [3.63, 3.8) is 0 Å². The summed E-state index contributed by atoms with van der Waals surface area (Å²) in [6.45, 7) is 6.91. The third kappa shape index (κ3) is 3.90. The van der Waals surface area contributed by atoms with Gasteiger partial charge in [0.25, 0.3) is 0 Å². The van der Waals surface area contributed by atoms with Gasteiger partial charge in [0.15, 0.2) is 0 Å². The van der Waals surface area contributed by atoms with Gasteiger partial charge in [-0.2, -0.15) is 0 Å². The van der Waals surface area contributed by atoms with E-state index in [2.05, 4.69) is 27.3 Å². The molecule has 1 aromatic rings. The molecule has 0 amide bonds. The van der Waals surface area contributed by atoms with Crippen LogP contribution in [0.5, 0.6) is 5.75 Å². The van der Waals surface area contributed by atoms with Crippen molar-refractivity contribution in [2.45, 2.75) is 33.3 Å². The minimum absolute atomic E-state index is 0.265. The van der Waals surface area contributed by atoms with Crippen LogP contribution in [0.3, 0.4) is 0 Å². The molecule has 2 heterocycles. The predicted octanol–water partition coefficient (Wildman–Crippen LogP) is 3.83. The van der Waals surface area contributed by atoms with Crippen LogP contribution in [0.1, 0.15) is 42.6 Å². The highest BCUT2D eigenvalue weighted by atomic mass is 79.9. The molecule has 4 nitrogen and oxygen atoms in total. The molecule has 0 aliphatic carbocycles. The molecule has 0 saturated carbocycles. The summed E-state index contributed by atoms with van der Waals surface area (Å²) in [7, 11) is 0. The molecule has 120 valence electrons. The number of carbonyl (C=O) groups is 1. The molecule has 5 heteroatoms. The van der Waals surface area contributed by atoms with Gasteiger partial charge in [-0.25, -0.2) is 4.79 Å². The molecule has 0 spiro atoms. The molecule has 2 aliphatic heterocycles. The number of hydrogen-bond acceptors (Lipinski definition) is 4. The van der Waals surface area contributed by atoms with E-state index in [1.54, 1.807) is 6.07 Å². The number of fused-ring (bicyclic) bond motifs is 1. The van der Waals surface area contributed by atoms with Crippen LogP contribution < -0.4 is 10.1 Å². The Bertz CT molecular complexity index is 569. The van der Waals surface area contributed by atoms with Gasteiger partial charge >= 0.3 is 5.97 Å². The first-order valence-electron chi connectivity index (χ1n) is 7.75. The minimum Gasteiger partial charge on any atom is -0.492 e. The van der Waals surface area contributed by atoms with E-state index in [-0.39, 0.29) is 5.97 Å². The predicted molar refractivity (Wildman–Crippen MR) is 90.3 cm³/mol. The fourth-order valence-electron chi connectivity index (χ4n) is 2.49. The molecule has 1 N–H and O–H groups in total. The van der Waals surface area contributed by atoms with Crippen LogP contribution in [-0.4, -0.2) is 25.7 Å². The quantitative estimate of drug-likeness (QED) is 0.648. The third-order valence-electron chi connectivity index (χ3n) is 3.61. The number of ether oxygens (including phenoxy) is 2. The van der Waals surface area contributed by atoms with Crippen molar-refractivity contribution in [2.75, 3.05) is 19.7 Å². The Morgan fingerprint density at radius 3 is 2.91 bits per heavy atom. The Morgan fingerprint density at radius 2 is 2.18 bits per heavy atom. The first kappa shape index (κ1) is 17.0. The van der Waals surface area contributed by atoms with Gasteiger partial charge in [0.1, 0.15) is 12.4 Å². The topological polar surface area (TPSA) is 47.6 Å². The number of nitrogens with one attached hydrogen (secondary N) is 1. The Labute approximate surface area is 140 Å². The second-order valence-corrected chi connectivity index (χ2v) is 5.75. The molecular formula is C17H22BrNO3. The molecule has 0 saturated heterocycles. The van der Waals surface area contributed by atoms with E-state index < -0.39 is 0 Å². The first-order valence-corrected chi connectivity index (χ1v) is 8.55. The Balaban J connectivity index is 0.000000847. The van der Waals surface area contributed by atoms with Crippen LogP contribution in [0, 0.1) is 0 Å². The molecule has 0 radical (unpaired) electrons. The standard InChI is InChI=1S/C15H16BrNO3.C2H6/c16-13-2-1-11-12(9-20-15(11)18)14(13)19-8-5-10-3-6-17-7-4-10;1-2/h1-3,17H,4-9H2;1-2H3. The fraction of sp³-hybridized carbons (Fsp3) is 0.471. The zero-order chi connectivity index (χ0) is 15.9. The molecule has 2 aliphatic rings. The van der Waals surface area contributed by atoms with Crippen LogP contribution in [0.2, 0.25) is 0 Å². The molecule has 0 unspecified atom stereocenters. The van der Waals surface area contributed by atoms with Crippen molar-refractivity contribution in [2.24, 2.45) is 0 Å². The number of esters is 1. The first-order chi connectivity index (χ1) is 10.8. The van der Waals surface area contributed by atoms with E-state index in [1.807, 2.05) is 19.9 Å². The second kappa shape index (κ2) is 8.34. The lowest BCUT2D eigenvalue weighted by atomic mass is 10.1. The highest BCUT2D eigenvalue weighted by molar-refractivity contribution is 9.10. The molecule has 0 aromatic heterocycles. The van der Waals surface area contributed by atoms with E-state index in [0.29, 0.717) is 18.8 Å². The normalized spacial score (nSPS) is 16.1. The van der Waals surface area contributed by atoms with Gasteiger partial charge in [0.05, 0.1) is 16.6 Å². The van der Waals surface area contributed by atoms with Crippen molar-refractivity contribution in [3.8, 4) is 5.75 Å². The molecule has 3 rings (SSSR count). The molecular weight excluding hydrogens is 346 g/mol. The summed E-state index contributed by atoms with van der Waals surface area (Å²) in [5, 5.41) is 3.29. The number of benzene rings is 1. The second-order valence-electron chi connectivity index (χ2n) is 4.89. The highest BCUT2D eigenvalue weighted by Gasteiger charge is 2.26. The smallest absolute Gasteiger partial charge is 0.339 e. The van der Waals surface area contributed by atoms with Crippen LogP contribution in [0.25, 0.3) is 0 Å². The zero-order valence-corrected chi connectivity index (χ0v) is 14.7. The van der Waals surface area contributed by atoms with Gasteiger partial charge in [0, 0.05) is 18.5 Å². The van der Waals surface area contributed by atoms with E-state index in [0.717, 1.165) is 41.7 Å². The Hall–Kier alpha value is -1.33. The summed E-state index contributed by atoms with van der Waals surface area (Å²) < 4.78 is 11.8. The van der Waals surface area contributed by atoms with Crippen LogP contribution >= 0.6 is 15.9 Å². The Morgan fingerprint density at radius 1 is 1.36 bits per heavy atom. The average Bonchev–Trinajstić information content (AvgIpc) is 2.94. The maximum Gasteiger partial charge on any atom is 0.339 e. The summed E-state index contributed by atoms with van der Waals surface area (Å²) in [4.78, 5) is 11.5. The van der Waals surface area contributed by atoms with Gasteiger partial charge in [-0.05, 0) is 41.0 Å². The zero-order valence-electron chi connectivity index (χ0n) is 13.1. The van der Waals surface area contributed by atoms with Gasteiger partial charge in [0.2, 0.25) is 0 Å². The number of hydrogen-bond donors (Lipinski definition) is 1. The van der Waals surface area contributed by atoms with Crippen molar-refractivity contribution >= 4 is 21.9 Å².